The van der Waals surface area contributed by atoms with Crippen LogP contribution in [0.1, 0.15) is 0 Å². The molecule has 6 heteroatoms. The Morgan fingerprint density at radius 1 is 0.471 bits per heavy atom. The van der Waals surface area contributed by atoms with Gasteiger partial charge in [-0.25, -0.2) is 0 Å². The van der Waals surface area contributed by atoms with Crippen LogP contribution in [0, 0.1) is 0 Å². The van der Waals surface area contributed by atoms with Gasteiger partial charge in [0, 0.05) is 32.3 Å². The van der Waals surface area contributed by atoms with E-state index in [0.717, 1.165) is 0 Å². The van der Waals surface area contributed by atoms with Crippen molar-refractivity contribution in [1.82, 2.24) is 9.97 Å². The van der Waals surface area contributed by atoms with Gasteiger partial charge in [-0.05, 0) is 24.3 Å². The standard InChI is InChI=1S/C28H16N2O4/c31-25-13-5-1-3-7-15(13)27(33)21-17(25)9-11-19-23(21)29-20-12-10-18-22(24(20)30-19)28(34)16-8-4-2-6-14(16)26(18)32/h1-12,29-31,33H. The fraction of sp³-hybridized carbons (Fsp3) is 0. The second-order valence-corrected chi connectivity index (χ2v) is 8.52. The third-order valence-corrected chi connectivity index (χ3v) is 6.75. The van der Waals surface area contributed by atoms with Crippen LogP contribution in [0.5, 0.6) is 11.5 Å². The molecule has 0 bridgehead atoms. The fourth-order valence-electron chi connectivity index (χ4n) is 5.15. The zero-order chi connectivity index (χ0) is 23.1. The molecule has 6 aromatic carbocycles. The van der Waals surface area contributed by atoms with Crippen molar-refractivity contribution in [3.63, 3.8) is 0 Å². The number of phenolic OH excluding ortho intramolecular Hbond substituents is 2. The second kappa shape index (κ2) is 6.36. The Hall–Kier alpha value is -4.84. The van der Waals surface area contributed by atoms with E-state index in [9.17, 15) is 19.8 Å². The van der Waals surface area contributed by atoms with E-state index in [1.54, 1.807) is 72.8 Å². The molecule has 0 fully saturated rings. The molecule has 7 rings (SSSR count). The topological polar surface area (TPSA) is 106 Å². The van der Waals surface area contributed by atoms with Crippen molar-refractivity contribution in [2.45, 2.75) is 0 Å². The van der Waals surface area contributed by atoms with Gasteiger partial charge in [-0.2, -0.15) is 0 Å². The van der Waals surface area contributed by atoms with Gasteiger partial charge in [0.2, 0.25) is 0 Å². The molecule has 6 nitrogen and oxygen atoms in total. The maximum atomic E-state index is 13.4. The van der Waals surface area contributed by atoms with Gasteiger partial charge in [0.1, 0.15) is 11.5 Å². The van der Waals surface area contributed by atoms with Gasteiger partial charge in [-0.1, -0.05) is 48.5 Å². The van der Waals surface area contributed by atoms with Gasteiger partial charge < -0.3 is 20.2 Å². The lowest BCUT2D eigenvalue weighted by molar-refractivity contribution is 0.479. The van der Waals surface area contributed by atoms with E-state index >= 15 is 0 Å². The number of hydrogen-bond acceptors (Lipinski definition) is 4. The SMILES string of the molecule is O=c1c2ccccc2c(=O)c2c1ccc1[nH]c3c(ccc4c(O)c5ccccc5c(O)c43)[nH]c12. The summed E-state index contributed by atoms with van der Waals surface area (Å²) in [5.41, 5.74) is 1.92. The molecule has 0 amide bonds. The first-order valence-electron chi connectivity index (χ1n) is 10.8. The molecule has 0 aliphatic rings. The summed E-state index contributed by atoms with van der Waals surface area (Å²) in [7, 11) is 0. The monoisotopic (exact) mass is 444 g/mol. The quantitative estimate of drug-likeness (QED) is 0.143. The Morgan fingerprint density at radius 2 is 0.971 bits per heavy atom. The van der Waals surface area contributed by atoms with Gasteiger partial charge in [0.15, 0.2) is 10.9 Å². The molecule has 7 aromatic rings. The van der Waals surface area contributed by atoms with E-state index in [1.807, 2.05) is 0 Å². The molecular formula is C28H16N2O4. The summed E-state index contributed by atoms with van der Waals surface area (Å²) in [5, 5.41) is 25.6. The Labute approximate surface area is 190 Å². The number of aromatic hydroxyl groups is 2. The molecule has 34 heavy (non-hydrogen) atoms. The van der Waals surface area contributed by atoms with E-state index in [-0.39, 0.29) is 22.4 Å². The molecule has 1 aromatic heterocycles. The van der Waals surface area contributed by atoms with Gasteiger partial charge in [0.05, 0.1) is 32.8 Å². The van der Waals surface area contributed by atoms with Crippen LogP contribution in [0.2, 0.25) is 0 Å². The molecule has 162 valence electrons. The lowest BCUT2D eigenvalue weighted by atomic mass is 9.98. The Bertz CT molecular complexity index is 2140. The molecule has 0 aliphatic heterocycles. The third-order valence-electron chi connectivity index (χ3n) is 6.75. The number of benzene rings is 6. The minimum atomic E-state index is -0.216. The summed E-state index contributed by atoms with van der Waals surface area (Å²) in [6, 6.07) is 20.9. The maximum absolute atomic E-state index is 13.4. The Morgan fingerprint density at radius 3 is 1.62 bits per heavy atom. The van der Waals surface area contributed by atoms with Crippen LogP contribution >= 0.6 is 0 Å². The van der Waals surface area contributed by atoms with Crippen LogP contribution in [0.15, 0.2) is 82.4 Å². The van der Waals surface area contributed by atoms with Crippen LogP contribution < -0.4 is 10.9 Å². The van der Waals surface area contributed by atoms with Crippen LogP contribution in [0.3, 0.4) is 0 Å². The molecule has 0 saturated heterocycles. The highest BCUT2D eigenvalue weighted by Crippen LogP contribution is 2.43. The highest BCUT2D eigenvalue weighted by atomic mass is 16.3. The molecule has 0 saturated carbocycles. The molecule has 0 atom stereocenters. The molecule has 0 aliphatic carbocycles. The zero-order valence-electron chi connectivity index (χ0n) is 17.6. The van der Waals surface area contributed by atoms with Crippen molar-refractivity contribution in [1.29, 1.82) is 0 Å². The highest BCUT2D eigenvalue weighted by Gasteiger charge is 2.18. The summed E-state index contributed by atoms with van der Waals surface area (Å²) in [4.78, 5) is 33.1. The van der Waals surface area contributed by atoms with E-state index in [0.29, 0.717) is 65.2 Å². The summed E-state index contributed by atoms with van der Waals surface area (Å²) in [6.45, 7) is 0. The smallest absolute Gasteiger partial charge is 0.196 e. The lowest BCUT2D eigenvalue weighted by Crippen LogP contribution is -2.13. The van der Waals surface area contributed by atoms with Gasteiger partial charge in [-0.3, -0.25) is 9.59 Å². The number of hydrogen-bond donors (Lipinski definition) is 4. The second-order valence-electron chi connectivity index (χ2n) is 8.52. The minimum Gasteiger partial charge on any atom is -0.507 e. The molecule has 0 unspecified atom stereocenters. The third kappa shape index (κ3) is 2.24. The number of rotatable bonds is 0. The predicted octanol–water partition coefficient (Wildman–Crippen LogP) is 5.39. The lowest BCUT2D eigenvalue weighted by Gasteiger charge is -2.13. The largest absolute Gasteiger partial charge is 0.507 e. The van der Waals surface area contributed by atoms with E-state index < -0.39 is 0 Å². The first kappa shape index (κ1) is 18.7. The first-order chi connectivity index (χ1) is 16.5. The average molecular weight is 444 g/mol. The highest BCUT2D eigenvalue weighted by molar-refractivity contribution is 6.20. The van der Waals surface area contributed by atoms with Crippen LogP contribution in [0.4, 0.5) is 0 Å². The molecule has 0 radical (unpaired) electrons. The molecule has 1 heterocycles. The minimum absolute atomic E-state index is 0.0520. The van der Waals surface area contributed by atoms with E-state index in [2.05, 4.69) is 9.97 Å². The van der Waals surface area contributed by atoms with Crippen molar-refractivity contribution in [2.75, 3.05) is 0 Å². The summed E-state index contributed by atoms with van der Waals surface area (Å²) < 4.78 is 0. The molecule has 0 spiro atoms. The first-order valence-corrected chi connectivity index (χ1v) is 10.8. The van der Waals surface area contributed by atoms with Crippen LogP contribution in [-0.2, 0) is 0 Å². The Kier molecular flexibility index (Phi) is 3.50. The predicted molar refractivity (Wildman–Crippen MR) is 136 cm³/mol. The van der Waals surface area contributed by atoms with Crippen LogP contribution in [0.25, 0.3) is 65.2 Å². The normalized spacial score (nSPS) is 12.0. The number of aromatic nitrogens is 2. The summed E-state index contributed by atoms with van der Waals surface area (Å²) in [5.74, 6) is 0.137. The van der Waals surface area contributed by atoms with E-state index in [1.165, 1.54) is 0 Å². The molecule has 4 N–H and O–H groups in total. The number of phenols is 2. The van der Waals surface area contributed by atoms with Gasteiger partial charge in [0.25, 0.3) is 0 Å². The maximum Gasteiger partial charge on any atom is 0.196 e. The average Bonchev–Trinajstić information content (AvgIpc) is 2.88. The summed E-state index contributed by atoms with van der Waals surface area (Å²) in [6.07, 6.45) is 0. The fourth-order valence-corrected chi connectivity index (χ4v) is 5.15. The number of aromatic amines is 2. The zero-order valence-corrected chi connectivity index (χ0v) is 17.6. The number of fused-ring (bicyclic) bond motifs is 8. The van der Waals surface area contributed by atoms with Crippen molar-refractivity contribution in [2.24, 2.45) is 0 Å². The van der Waals surface area contributed by atoms with Crippen LogP contribution in [-0.4, -0.2) is 20.2 Å². The summed E-state index contributed by atoms with van der Waals surface area (Å²) >= 11 is 0. The molecular weight excluding hydrogens is 428 g/mol. The van der Waals surface area contributed by atoms with Crippen molar-refractivity contribution in [3.8, 4) is 11.5 Å². The van der Waals surface area contributed by atoms with E-state index in [4.69, 9.17) is 0 Å². The number of nitrogens with one attached hydrogen (secondary N) is 2. The van der Waals surface area contributed by atoms with Crippen molar-refractivity contribution < 1.29 is 10.2 Å². The van der Waals surface area contributed by atoms with Crippen molar-refractivity contribution >= 4 is 65.2 Å². The van der Waals surface area contributed by atoms with Crippen molar-refractivity contribution in [3.05, 3.63) is 93.2 Å². The number of H-pyrrole nitrogens is 2. The van der Waals surface area contributed by atoms with Gasteiger partial charge >= 0.3 is 0 Å². The van der Waals surface area contributed by atoms with Gasteiger partial charge in [-0.15, -0.1) is 0 Å². The Balaban J connectivity index is 1.70.